The molecule has 0 unspecified atom stereocenters. The van der Waals surface area contributed by atoms with Crippen molar-refractivity contribution in [1.82, 2.24) is 0 Å². The summed E-state index contributed by atoms with van der Waals surface area (Å²) in [6.45, 7) is 0. The summed E-state index contributed by atoms with van der Waals surface area (Å²) in [5.74, 6) is 0.0592. The summed E-state index contributed by atoms with van der Waals surface area (Å²) in [7, 11) is 5.71. The van der Waals surface area contributed by atoms with Crippen LogP contribution in [0.4, 0.5) is 0 Å². The van der Waals surface area contributed by atoms with E-state index in [9.17, 15) is 9.90 Å². The summed E-state index contributed by atoms with van der Waals surface area (Å²) >= 11 is 0. The second-order valence-electron chi connectivity index (χ2n) is 3.88. The fourth-order valence-electron chi connectivity index (χ4n) is 1.94. The first-order valence-electron chi connectivity index (χ1n) is 5.10. The first kappa shape index (κ1) is 9.96. The Bertz CT molecular complexity index is 790. The van der Waals surface area contributed by atoms with Crippen LogP contribution in [-0.4, -0.2) is 13.0 Å². The second-order valence-corrected chi connectivity index (χ2v) is 3.88. The number of phenols is 1. The van der Waals surface area contributed by atoms with Crippen molar-refractivity contribution in [2.75, 3.05) is 0 Å². The van der Waals surface area contributed by atoms with Gasteiger partial charge in [0.25, 0.3) is 0 Å². The average Bonchev–Trinajstić information content (AvgIpc) is 2.28. The molecular formula is C13H7BO3. The third-order valence-electron chi connectivity index (χ3n) is 2.72. The molecule has 0 aliphatic rings. The van der Waals surface area contributed by atoms with E-state index in [0.717, 1.165) is 10.8 Å². The molecule has 0 fully saturated rings. The van der Waals surface area contributed by atoms with Crippen LogP contribution in [0, 0.1) is 0 Å². The molecule has 0 aliphatic carbocycles. The van der Waals surface area contributed by atoms with E-state index < -0.39 is 5.63 Å². The van der Waals surface area contributed by atoms with E-state index in [0.29, 0.717) is 16.4 Å². The van der Waals surface area contributed by atoms with Gasteiger partial charge >= 0.3 is 5.63 Å². The Balaban J connectivity index is 2.62. The lowest BCUT2D eigenvalue weighted by Crippen LogP contribution is -2.05. The van der Waals surface area contributed by atoms with Crippen LogP contribution < -0.4 is 11.1 Å². The van der Waals surface area contributed by atoms with Crippen molar-refractivity contribution in [3.05, 3.63) is 46.8 Å². The molecule has 3 aromatic rings. The van der Waals surface area contributed by atoms with Crippen LogP contribution in [0.2, 0.25) is 0 Å². The molecule has 0 aliphatic heterocycles. The lowest BCUT2D eigenvalue weighted by atomic mass is 9.93. The zero-order valence-corrected chi connectivity index (χ0v) is 8.81. The molecule has 2 radical (unpaired) electrons. The Labute approximate surface area is 97.7 Å². The molecule has 4 heteroatoms. The lowest BCUT2D eigenvalue weighted by Gasteiger charge is -2.03. The fourth-order valence-corrected chi connectivity index (χ4v) is 1.94. The Morgan fingerprint density at radius 3 is 2.59 bits per heavy atom. The van der Waals surface area contributed by atoms with Crippen LogP contribution >= 0.6 is 0 Å². The van der Waals surface area contributed by atoms with Gasteiger partial charge in [-0.05, 0) is 23.6 Å². The molecule has 0 amide bonds. The van der Waals surface area contributed by atoms with Crippen LogP contribution in [0.1, 0.15) is 0 Å². The summed E-state index contributed by atoms with van der Waals surface area (Å²) in [5, 5.41) is 11.3. The van der Waals surface area contributed by atoms with Gasteiger partial charge in [-0.3, -0.25) is 0 Å². The zero-order valence-electron chi connectivity index (χ0n) is 8.81. The van der Waals surface area contributed by atoms with Gasteiger partial charge in [-0.15, -0.1) is 0 Å². The van der Waals surface area contributed by atoms with Gasteiger partial charge in [-0.2, -0.15) is 0 Å². The van der Waals surface area contributed by atoms with E-state index in [1.807, 2.05) is 0 Å². The minimum absolute atomic E-state index is 0.0592. The lowest BCUT2D eigenvalue weighted by molar-refractivity contribution is 0.473. The van der Waals surface area contributed by atoms with Crippen LogP contribution in [0.5, 0.6) is 5.75 Å². The predicted molar refractivity (Wildman–Crippen MR) is 67.0 cm³/mol. The highest BCUT2D eigenvalue weighted by Gasteiger charge is 2.07. The molecule has 0 atom stereocenters. The van der Waals surface area contributed by atoms with E-state index in [2.05, 4.69) is 0 Å². The van der Waals surface area contributed by atoms with Gasteiger partial charge < -0.3 is 9.52 Å². The number of fused-ring (bicyclic) bond motifs is 3. The number of aromatic hydroxyl groups is 1. The van der Waals surface area contributed by atoms with Gasteiger partial charge in [0.15, 0.2) is 0 Å². The van der Waals surface area contributed by atoms with Crippen LogP contribution in [-0.2, 0) is 0 Å². The highest BCUT2D eigenvalue weighted by atomic mass is 16.4. The zero-order chi connectivity index (χ0) is 12.0. The molecule has 1 N–H and O–H groups in total. The maximum atomic E-state index is 11.7. The Hall–Kier alpha value is -2.23. The fraction of sp³-hybridized carbons (Fsp3) is 0. The number of benzene rings is 2. The van der Waals surface area contributed by atoms with E-state index in [1.165, 1.54) is 6.07 Å². The molecule has 0 saturated heterocycles. The van der Waals surface area contributed by atoms with Crippen molar-refractivity contribution < 1.29 is 9.52 Å². The van der Waals surface area contributed by atoms with Gasteiger partial charge in [0.05, 0.1) is 5.39 Å². The molecule has 80 valence electrons. The Morgan fingerprint density at radius 1 is 1.00 bits per heavy atom. The molecule has 0 spiro atoms. The van der Waals surface area contributed by atoms with E-state index in [4.69, 9.17) is 12.3 Å². The molecular weight excluding hydrogens is 215 g/mol. The minimum Gasteiger partial charge on any atom is -0.508 e. The molecule has 3 rings (SSSR count). The number of phenolic OH excluding ortho intramolecular Hbond substituents is 1. The molecule has 1 heterocycles. The van der Waals surface area contributed by atoms with Gasteiger partial charge in [-0.1, -0.05) is 17.6 Å². The number of rotatable bonds is 0. The summed E-state index contributed by atoms with van der Waals surface area (Å²) in [6.07, 6.45) is 0. The Kier molecular flexibility index (Phi) is 1.98. The van der Waals surface area contributed by atoms with Gasteiger partial charge in [0.2, 0.25) is 0 Å². The maximum Gasteiger partial charge on any atom is 0.344 e. The third kappa shape index (κ3) is 1.49. The van der Waals surface area contributed by atoms with Crippen molar-refractivity contribution in [3.63, 3.8) is 0 Å². The predicted octanol–water partition coefficient (Wildman–Crippen LogP) is 1.45. The number of hydrogen-bond acceptors (Lipinski definition) is 3. The van der Waals surface area contributed by atoms with Gasteiger partial charge in [0, 0.05) is 11.5 Å². The molecule has 0 saturated carbocycles. The van der Waals surface area contributed by atoms with Crippen molar-refractivity contribution in [3.8, 4) is 5.75 Å². The van der Waals surface area contributed by atoms with Crippen molar-refractivity contribution >= 4 is 35.1 Å². The summed E-state index contributed by atoms with van der Waals surface area (Å²) < 4.78 is 5.14. The minimum atomic E-state index is -0.432. The monoisotopic (exact) mass is 222 g/mol. The maximum absolute atomic E-state index is 11.7. The van der Waals surface area contributed by atoms with E-state index in [-0.39, 0.29) is 5.75 Å². The smallest absolute Gasteiger partial charge is 0.344 e. The highest BCUT2D eigenvalue weighted by molar-refractivity contribution is 6.33. The molecule has 2 aromatic carbocycles. The van der Waals surface area contributed by atoms with Gasteiger partial charge in [-0.25, -0.2) is 4.79 Å². The molecule has 1 aromatic heterocycles. The quantitative estimate of drug-likeness (QED) is 0.355. The van der Waals surface area contributed by atoms with Crippen LogP contribution in [0.25, 0.3) is 21.7 Å². The Morgan fingerprint density at radius 2 is 1.76 bits per heavy atom. The molecule has 17 heavy (non-hydrogen) atoms. The molecule has 3 nitrogen and oxygen atoms in total. The largest absolute Gasteiger partial charge is 0.508 e. The average molecular weight is 222 g/mol. The van der Waals surface area contributed by atoms with E-state index >= 15 is 0 Å². The summed E-state index contributed by atoms with van der Waals surface area (Å²) in [6, 6.07) is 9.69. The first-order chi connectivity index (χ1) is 8.15. The highest BCUT2D eigenvalue weighted by Crippen LogP contribution is 2.24. The van der Waals surface area contributed by atoms with Crippen LogP contribution in [0.15, 0.2) is 45.6 Å². The van der Waals surface area contributed by atoms with Crippen molar-refractivity contribution in [2.24, 2.45) is 0 Å². The molecule has 0 bridgehead atoms. The summed E-state index contributed by atoms with van der Waals surface area (Å²) in [4.78, 5) is 11.7. The van der Waals surface area contributed by atoms with E-state index in [1.54, 1.807) is 30.3 Å². The summed E-state index contributed by atoms with van der Waals surface area (Å²) in [5.41, 5.74) is 0.503. The van der Waals surface area contributed by atoms with Crippen LogP contribution in [0.3, 0.4) is 0 Å². The third-order valence-corrected chi connectivity index (χ3v) is 2.72. The second kappa shape index (κ2) is 3.38. The normalized spacial score (nSPS) is 11.1. The topological polar surface area (TPSA) is 50.4 Å². The number of hydrogen-bond donors (Lipinski definition) is 1. The van der Waals surface area contributed by atoms with Gasteiger partial charge in [0.1, 0.15) is 19.2 Å². The van der Waals surface area contributed by atoms with Crippen molar-refractivity contribution in [2.45, 2.75) is 0 Å². The van der Waals surface area contributed by atoms with Crippen molar-refractivity contribution in [1.29, 1.82) is 0 Å². The SMILES string of the molecule is [B]c1ccc2c(=O)oc3cc(O)ccc3c2c1. The first-order valence-corrected chi connectivity index (χ1v) is 5.10. The standard InChI is InChI=1S/C13H7BO3/c14-7-1-3-10-11(5-7)9-4-2-8(15)6-12(9)17-13(10)16/h1-6,15H.